The van der Waals surface area contributed by atoms with Crippen molar-refractivity contribution in [2.45, 2.75) is 24.8 Å². The Kier molecular flexibility index (Phi) is 4.62. The van der Waals surface area contributed by atoms with Crippen molar-refractivity contribution in [1.29, 1.82) is 0 Å². The number of allylic oxidation sites excluding steroid dienone is 2. The van der Waals surface area contributed by atoms with Gasteiger partial charge in [-0.05, 0) is 29.5 Å². The highest BCUT2D eigenvalue weighted by Crippen LogP contribution is 2.47. The molecule has 2 amide bonds. The quantitative estimate of drug-likeness (QED) is 0.730. The lowest BCUT2D eigenvalue weighted by atomic mass is 9.82. The molecule has 0 spiro atoms. The maximum atomic E-state index is 13.7. The first-order valence-corrected chi connectivity index (χ1v) is 10.2. The summed E-state index contributed by atoms with van der Waals surface area (Å²) in [5.74, 6) is -2.01. The Labute approximate surface area is 174 Å². The Morgan fingerprint density at radius 3 is 2.27 bits per heavy atom. The summed E-state index contributed by atoms with van der Waals surface area (Å²) in [6, 6.07) is 18.2. The van der Waals surface area contributed by atoms with Crippen LogP contribution in [0, 0.1) is 5.92 Å². The van der Waals surface area contributed by atoms with Crippen LogP contribution in [0.4, 0.5) is 4.79 Å². The van der Waals surface area contributed by atoms with Crippen LogP contribution in [-0.2, 0) is 19.1 Å². The number of nitrogens with zero attached hydrogens (tertiary/aromatic N) is 1. The Bertz CT molecular complexity index is 1030. The zero-order valence-corrected chi connectivity index (χ0v) is 16.3. The van der Waals surface area contributed by atoms with Crippen molar-refractivity contribution in [3.8, 4) is 0 Å². The van der Waals surface area contributed by atoms with Gasteiger partial charge in [0, 0.05) is 5.92 Å². The number of amides is 2. The Morgan fingerprint density at radius 1 is 0.900 bits per heavy atom. The summed E-state index contributed by atoms with van der Waals surface area (Å²) < 4.78 is 10.9. The zero-order chi connectivity index (χ0) is 20.7. The average Bonchev–Trinajstić information content (AvgIpc) is 3.32. The molecule has 0 saturated carbocycles. The minimum absolute atomic E-state index is 0.0785. The van der Waals surface area contributed by atoms with E-state index in [0.717, 1.165) is 28.0 Å². The molecule has 2 aromatic carbocycles. The van der Waals surface area contributed by atoms with Gasteiger partial charge in [0.1, 0.15) is 18.6 Å². The molecule has 3 atom stereocenters. The SMILES string of the molecule is O=C1C2=C(CCCO2)[C@H](c2ccccc2)[C@H]1C(=O)N1C(=O)OC[C@@H]1c1ccccc1. The van der Waals surface area contributed by atoms with Gasteiger partial charge in [0.25, 0.3) is 0 Å². The predicted molar refractivity (Wildman–Crippen MR) is 107 cm³/mol. The molecule has 30 heavy (non-hydrogen) atoms. The first-order valence-electron chi connectivity index (χ1n) is 10.2. The molecule has 3 aliphatic rings. The Balaban J connectivity index is 1.55. The first-order chi connectivity index (χ1) is 14.7. The molecule has 152 valence electrons. The second-order valence-corrected chi connectivity index (χ2v) is 7.75. The van der Waals surface area contributed by atoms with E-state index in [1.807, 2.05) is 60.7 Å². The van der Waals surface area contributed by atoms with Gasteiger partial charge in [-0.3, -0.25) is 9.59 Å². The topological polar surface area (TPSA) is 72.9 Å². The minimum Gasteiger partial charge on any atom is -0.490 e. The number of ether oxygens (including phenoxy) is 2. The molecule has 1 saturated heterocycles. The highest BCUT2D eigenvalue weighted by atomic mass is 16.6. The van der Waals surface area contributed by atoms with Crippen LogP contribution in [0.2, 0.25) is 0 Å². The van der Waals surface area contributed by atoms with E-state index in [1.54, 1.807) is 0 Å². The standard InChI is InChI=1S/C24H21NO5/c26-21-20(19(16-10-5-2-6-11-16)17-12-7-13-29-22(17)21)23(27)25-18(14-30-24(25)28)15-8-3-1-4-9-15/h1-6,8-11,18-20H,7,12-14H2/t18-,19+,20-/m1/s1. The van der Waals surface area contributed by atoms with Gasteiger partial charge in [0.05, 0.1) is 6.61 Å². The van der Waals surface area contributed by atoms with Gasteiger partial charge in [-0.1, -0.05) is 60.7 Å². The van der Waals surface area contributed by atoms with Crippen molar-refractivity contribution in [3.63, 3.8) is 0 Å². The number of hydrogen-bond acceptors (Lipinski definition) is 5. The van der Waals surface area contributed by atoms with Crippen LogP contribution in [0.1, 0.15) is 35.9 Å². The maximum absolute atomic E-state index is 13.7. The van der Waals surface area contributed by atoms with E-state index in [-0.39, 0.29) is 12.4 Å². The number of benzene rings is 2. The van der Waals surface area contributed by atoms with Gasteiger partial charge in [-0.25, -0.2) is 9.69 Å². The monoisotopic (exact) mass is 403 g/mol. The molecule has 6 nitrogen and oxygen atoms in total. The van der Waals surface area contributed by atoms with Crippen molar-refractivity contribution in [1.82, 2.24) is 4.90 Å². The fourth-order valence-corrected chi connectivity index (χ4v) is 4.71. The van der Waals surface area contributed by atoms with E-state index < -0.39 is 29.9 Å². The molecule has 1 aliphatic carbocycles. The molecule has 2 aromatic rings. The lowest BCUT2D eigenvalue weighted by Gasteiger charge is -2.27. The molecule has 6 heteroatoms. The smallest absolute Gasteiger partial charge is 0.417 e. The van der Waals surface area contributed by atoms with E-state index in [1.165, 1.54) is 0 Å². The van der Waals surface area contributed by atoms with E-state index in [4.69, 9.17) is 9.47 Å². The van der Waals surface area contributed by atoms with Gasteiger partial charge in [-0.15, -0.1) is 0 Å². The number of cyclic esters (lactones) is 1. The summed E-state index contributed by atoms with van der Waals surface area (Å²) in [5.41, 5.74) is 2.54. The fourth-order valence-electron chi connectivity index (χ4n) is 4.71. The lowest BCUT2D eigenvalue weighted by molar-refractivity contribution is -0.139. The molecular weight excluding hydrogens is 382 g/mol. The third-order valence-corrected chi connectivity index (χ3v) is 6.06. The number of carbonyl (C=O) groups is 3. The summed E-state index contributed by atoms with van der Waals surface area (Å²) in [6.45, 7) is 0.542. The van der Waals surface area contributed by atoms with Crippen molar-refractivity contribution in [2.75, 3.05) is 13.2 Å². The van der Waals surface area contributed by atoms with Gasteiger partial charge < -0.3 is 9.47 Å². The maximum Gasteiger partial charge on any atom is 0.417 e. The van der Waals surface area contributed by atoms with Crippen LogP contribution in [0.5, 0.6) is 0 Å². The normalized spacial score (nSPS) is 25.7. The van der Waals surface area contributed by atoms with E-state index in [0.29, 0.717) is 18.8 Å². The number of hydrogen-bond donors (Lipinski definition) is 0. The van der Waals surface area contributed by atoms with Gasteiger partial charge in [0.15, 0.2) is 5.76 Å². The summed E-state index contributed by atoms with van der Waals surface area (Å²) in [7, 11) is 0. The van der Waals surface area contributed by atoms with Crippen molar-refractivity contribution < 1.29 is 23.9 Å². The number of carbonyl (C=O) groups excluding carboxylic acids is 3. The lowest BCUT2D eigenvalue weighted by Crippen LogP contribution is -2.42. The highest BCUT2D eigenvalue weighted by Gasteiger charge is 2.53. The molecule has 1 fully saturated rings. The second kappa shape index (κ2) is 7.44. The number of ketones is 1. The van der Waals surface area contributed by atoms with E-state index >= 15 is 0 Å². The van der Waals surface area contributed by atoms with Crippen molar-refractivity contribution in [3.05, 3.63) is 83.1 Å². The van der Waals surface area contributed by atoms with Crippen LogP contribution in [-0.4, -0.2) is 35.9 Å². The largest absolute Gasteiger partial charge is 0.490 e. The van der Waals surface area contributed by atoms with Crippen LogP contribution in [0.15, 0.2) is 72.0 Å². The predicted octanol–water partition coefficient (Wildman–Crippen LogP) is 3.75. The Morgan fingerprint density at radius 2 is 1.57 bits per heavy atom. The minimum atomic E-state index is -1.02. The Hall–Kier alpha value is -3.41. The van der Waals surface area contributed by atoms with Crippen LogP contribution in [0.3, 0.4) is 0 Å². The first kappa shape index (κ1) is 18.6. The van der Waals surface area contributed by atoms with Crippen LogP contribution < -0.4 is 0 Å². The fraction of sp³-hybridized carbons (Fsp3) is 0.292. The molecule has 0 bridgehead atoms. The number of Topliss-reactive ketones (excluding diaryl/α,β-unsaturated/α-hetero) is 1. The molecule has 0 aromatic heterocycles. The van der Waals surface area contributed by atoms with Gasteiger partial charge in [0.2, 0.25) is 11.7 Å². The molecule has 0 N–H and O–H groups in total. The summed E-state index contributed by atoms with van der Waals surface area (Å²) in [5, 5.41) is 0. The third kappa shape index (κ3) is 2.91. The number of imide groups is 1. The van der Waals surface area contributed by atoms with E-state index in [2.05, 4.69) is 0 Å². The molecule has 2 heterocycles. The second-order valence-electron chi connectivity index (χ2n) is 7.75. The molecule has 5 rings (SSSR count). The van der Waals surface area contributed by atoms with Crippen molar-refractivity contribution >= 4 is 17.8 Å². The summed E-state index contributed by atoms with van der Waals surface area (Å²) >= 11 is 0. The molecule has 0 radical (unpaired) electrons. The van der Waals surface area contributed by atoms with Gasteiger partial charge in [-0.2, -0.15) is 0 Å². The van der Waals surface area contributed by atoms with E-state index in [9.17, 15) is 14.4 Å². The van der Waals surface area contributed by atoms with Gasteiger partial charge >= 0.3 is 6.09 Å². The molecule has 0 unspecified atom stereocenters. The zero-order valence-electron chi connectivity index (χ0n) is 16.3. The molecule has 2 aliphatic heterocycles. The van der Waals surface area contributed by atoms with Crippen molar-refractivity contribution in [2.24, 2.45) is 5.92 Å². The van der Waals surface area contributed by atoms with Crippen LogP contribution in [0.25, 0.3) is 0 Å². The summed E-state index contributed by atoms with van der Waals surface area (Å²) in [6.07, 6.45) is 0.797. The average molecular weight is 403 g/mol. The molecular formula is C24H21NO5. The highest BCUT2D eigenvalue weighted by molar-refractivity contribution is 6.15. The third-order valence-electron chi connectivity index (χ3n) is 6.06. The summed E-state index contributed by atoms with van der Waals surface area (Å²) in [4.78, 5) is 40.7. The van der Waals surface area contributed by atoms with Crippen LogP contribution >= 0.6 is 0 Å². The number of rotatable bonds is 3.